The minimum Gasteiger partial charge on any atom is -0.336 e. The fourth-order valence-corrected chi connectivity index (χ4v) is 2.40. The predicted molar refractivity (Wildman–Crippen MR) is 78.7 cm³/mol. The molecule has 110 valence electrons. The highest BCUT2D eigenvalue weighted by molar-refractivity contribution is 6.34. The van der Waals surface area contributed by atoms with Gasteiger partial charge in [-0.25, -0.2) is 0 Å². The Morgan fingerprint density at radius 3 is 2.85 bits per heavy atom. The molecule has 0 aromatic heterocycles. The standard InChI is InChI=1S/C12H14ClN3O3.ClH/c1-8-7-15(6-5-14-8)12(17)11-9(13)3-2-4-10(11)16(18)19;/h2-4,8,14H,5-7H2,1H3;1H/t8-;/m0./s1. The zero-order valence-corrected chi connectivity index (χ0v) is 12.4. The smallest absolute Gasteiger partial charge is 0.283 e. The maximum atomic E-state index is 12.4. The highest BCUT2D eigenvalue weighted by Gasteiger charge is 2.29. The Kier molecular flexibility index (Phi) is 5.74. The number of nitro benzene ring substituents is 1. The van der Waals surface area contributed by atoms with Crippen LogP contribution in [0, 0.1) is 10.1 Å². The van der Waals surface area contributed by atoms with E-state index in [2.05, 4.69) is 5.32 Å². The summed E-state index contributed by atoms with van der Waals surface area (Å²) in [4.78, 5) is 24.4. The Morgan fingerprint density at radius 1 is 1.55 bits per heavy atom. The second-order valence-corrected chi connectivity index (χ2v) is 4.90. The zero-order valence-electron chi connectivity index (χ0n) is 10.8. The van der Waals surface area contributed by atoms with Crippen LogP contribution in [0.4, 0.5) is 5.69 Å². The summed E-state index contributed by atoms with van der Waals surface area (Å²) < 4.78 is 0. The molecule has 1 amide bonds. The molecule has 1 atom stereocenters. The maximum absolute atomic E-state index is 12.4. The number of amides is 1. The van der Waals surface area contributed by atoms with Gasteiger partial charge in [-0.3, -0.25) is 14.9 Å². The van der Waals surface area contributed by atoms with E-state index in [0.717, 1.165) is 0 Å². The van der Waals surface area contributed by atoms with Crippen LogP contribution in [0.1, 0.15) is 17.3 Å². The van der Waals surface area contributed by atoms with Crippen LogP contribution in [0.25, 0.3) is 0 Å². The lowest BCUT2D eigenvalue weighted by atomic mass is 10.1. The van der Waals surface area contributed by atoms with Crippen LogP contribution >= 0.6 is 24.0 Å². The Bertz CT molecular complexity index is 525. The van der Waals surface area contributed by atoms with Crippen molar-refractivity contribution in [1.82, 2.24) is 10.2 Å². The average Bonchev–Trinajstić information content (AvgIpc) is 2.37. The molecule has 8 heteroatoms. The van der Waals surface area contributed by atoms with Gasteiger partial charge in [0.05, 0.1) is 9.95 Å². The summed E-state index contributed by atoms with van der Waals surface area (Å²) >= 11 is 5.96. The molecule has 0 spiro atoms. The molecule has 0 bridgehead atoms. The van der Waals surface area contributed by atoms with Crippen molar-refractivity contribution in [2.45, 2.75) is 13.0 Å². The van der Waals surface area contributed by atoms with E-state index in [-0.39, 0.29) is 40.6 Å². The zero-order chi connectivity index (χ0) is 14.0. The molecule has 1 heterocycles. The van der Waals surface area contributed by atoms with Crippen molar-refractivity contribution in [2.75, 3.05) is 19.6 Å². The molecular formula is C12H15Cl2N3O3. The van der Waals surface area contributed by atoms with Gasteiger partial charge < -0.3 is 10.2 Å². The molecule has 0 radical (unpaired) electrons. The Balaban J connectivity index is 0.00000200. The van der Waals surface area contributed by atoms with Crippen LogP contribution in [0.2, 0.25) is 5.02 Å². The number of halogens is 2. The first-order valence-electron chi connectivity index (χ1n) is 5.96. The van der Waals surface area contributed by atoms with Gasteiger partial charge in [-0.2, -0.15) is 0 Å². The lowest BCUT2D eigenvalue weighted by molar-refractivity contribution is -0.385. The lowest BCUT2D eigenvalue weighted by Gasteiger charge is -2.32. The molecule has 0 saturated carbocycles. The van der Waals surface area contributed by atoms with Gasteiger partial charge in [-0.1, -0.05) is 17.7 Å². The van der Waals surface area contributed by atoms with E-state index < -0.39 is 4.92 Å². The fourth-order valence-electron chi connectivity index (χ4n) is 2.15. The minimum atomic E-state index is -0.579. The third kappa shape index (κ3) is 3.39. The molecule has 1 fully saturated rings. The molecule has 2 rings (SSSR count). The number of nitro groups is 1. The third-order valence-electron chi connectivity index (χ3n) is 3.06. The van der Waals surface area contributed by atoms with E-state index >= 15 is 0 Å². The van der Waals surface area contributed by atoms with E-state index in [1.807, 2.05) is 6.92 Å². The van der Waals surface area contributed by atoms with Gasteiger partial charge in [0.15, 0.2) is 0 Å². The molecule has 1 aromatic rings. The van der Waals surface area contributed by atoms with Crippen molar-refractivity contribution in [3.63, 3.8) is 0 Å². The molecule has 1 saturated heterocycles. The van der Waals surface area contributed by atoms with Gasteiger partial charge >= 0.3 is 0 Å². The number of benzene rings is 1. The van der Waals surface area contributed by atoms with Crippen LogP contribution < -0.4 is 5.32 Å². The van der Waals surface area contributed by atoms with Gasteiger partial charge in [0.2, 0.25) is 0 Å². The summed E-state index contributed by atoms with van der Waals surface area (Å²) in [7, 11) is 0. The highest BCUT2D eigenvalue weighted by Crippen LogP contribution is 2.27. The third-order valence-corrected chi connectivity index (χ3v) is 3.37. The maximum Gasteiger partial charge on any atom is 0.283 e. The summed E-state index contributed by atoms with van der Waals surface area (Å²) in [5, 5.41) is 14.3. The van der Waals surface area contributed by atoms with E-state index in [1.165, 1.54) is 18.2 Å². The number of carbonyl (C=O) groups is 1. The lowest BCUT2D eigenvalue weighted by Crippen LogP contribution is -2.51. The second-order valence-electron chi connectivity index (χ2n) is 4.50. The first-order valence-corrected chi connectivity index (χ1v) is 6.34. The van der Waals surface area contributed by atoms with E-state index in [9.17, 15) is 14.9 Å². The number of carbonyl (C=O) groups excluding carboxylic acids is 1. The van der Waals surface area contributed by atoms with Crippen molar-refractivity contribution in [2.24, 2.45) is 0 Å². The Hall–Kier alpha value is -1.37. The van der Waals surface area contributed by atoms with Gasteiger partial charge in [-0.05, 0) is 13.0 Å². The van der Waals surface area contributed by atoms with Crippen LogP contribution in [0.3, 0.4) is 0 Å². The largest absolute Gasteiger partial charge is 0.336 e. The highest BCUT2D eigenvalue weighted by atomic mass is 35.5. The average molecular weight is 320 g/mol. The normalized spacial score (nSPS) is 18.3. The van der Waals surface area contributed by atoms with Crippen molar-refractivity contribution >= 4 is 35.6 Å². The van der Waals surface area contributed by atoms with Crippen molar-refractivity contribution in [3.05, 3.63) is 38.9 Å². The number of hydrogen-bond acceptors (Lipinski definition) is 4. The fraction of sp³-hybridized carbons (Fsp3) is 0.417. The van der Waals surface area contributed by atoms with E-state index in [0.29, 0.717) is 19.6 Å². The van der Waals surface area contributed by atoms with Gasteiger partial charge in [0.25, 0.3) is 11.6 Å². The number of hydrogen-bond donors (Lipinski definition) is 1. The molecule has 0 aliphatic carbocycles. The molecule has 1 aliphatic rings. The number of nitrogens with zero attached hydrogens (tertiary/aromatic N) is 2. The molecule has 1 aliphatic heterocycles. The second kappa shape index (κ2) is 6.88. The summed E-state index contributed by atoms with van der Waals surface area (Å²) in [5.74, 6) is -0.384. The van der Waals surface area contributed by atoms with Gasteiger partial charge in [-0.15, -0.1) is 12.4 Å². The van der Waals surface area contributed by atoms with Crippen LogP contribution in [-0.4, -0.2) is 41.4 Å². The molecule has 1 aromatic carbocycles. The Morgan fingerprint density at radius 2 is 2.25 bits per heavy atom. The van der Waals surface area contributed by atoms with Gasteiger partial charge in [0.1, 0.15) is 5.56 Å². The number of nitrogens with one attached hydrogen (secondary N) is 1. The monoisotopic (exact) mass is 319 g/mol. The Labute approximate surface area is 127 Å². The first-order chi connectivity index (χ1) is 9.00. The van der Waals surface area contributed by atoms with Crippen LogP contribution in [-0.2, 0) is 0 Å². The van der Waals surface area contributed by atoms with Crippen molar-refractivity contribution in [3.8, 4) is 0 Å². The number of rotatable bonds is 2. The minimum absolute atomic E-state index is 0. The summed E-state index contributed by atoms with van der Waals surface area (Å²) in [6.45, 7) is 3.67. The molecule has 6 nitrogen and oxygen atoms in total. The van der Waals surface area contributed by atoms with Gasteiger partial charge in [0, 0.05) is 31.7 Å². The summed E-state index contributed by atoms with van der Waals surface area (Å²) in [6, 6.07) is 4.43. The quantitative estimate of drug-likeness (QED) is 0.669. The molecular weight excluding hydrogens is 305 g/mol. The summed E-state index contributed by atoms with van der Waals surface area (Å²) in [5.41, 5.74) is -0.271. The van der Waals surface area contributed by atoms with E-state index in [1.54, 1.807) is 4.90 Å². The number of piperazine rings is 1. The topological polar surface area (TPSA) is 75.5 Å². The molecule has 0 unspecified atom stereocenters. The van der Waals surface area contributed by atoms with Crippen LogP contribution in [0.5, 0.6) is 0 Å². The molecule has 20 heavy (non-hydrogen) atoms. The van der Waals surface area contributed by atoms with Crippen molar-refractivity contribution < 1.29 is 9.72 Å². The van der Waals surface area contributed by atoms with Crippen LogP contribution in [0.15, 0.2) is 18.2 Å². The predicted octanol–water partition coefficient (Wildman–Crippen LogP) is 2.10. The SMILES string of the molecule is C[C@H]1CN(C(=O)c2c(Cl)cccc2[N+](=O)[O-])CCN1.Cl. The summed E-state index contributed by atoms with van der Waals surface area (Å²) in [6.07, 6.45) is 0. The first kappa shape index (κ1) is 16.7. The van der Waals surface area contributed by atoms with E-state index in [4.69, 9.17) is 11.6 Å². The molecule has 1 N–H and O–H groups in total. The van der Waals surface area contributed by atoms with Crippen molar-refractivity contribution in [1.29, 1.82) is 0 Å².